The SMILES string of the molecule is CC(Oc1ccc(F)cc1)C(=O)OC1CC2CCC(C1)N2C.O=C(O)/C=C\C(=O)O. The van der Waals surface area contributed by atoms with E-state index in [9.17, 15) is 18.8 Å². The van der Waals surface area contributed by atoms with Gasteiger partial charge in [-0.15, -0.1) is 0 Å². The molecule has 1 aromatic carbocycles. The smallest absolute Gasteiger partial charge is 0.347 e. The van der Waals surface area contributed by atoms with Crippen molar-refractivity contribution in [3.8, 4) is 5.75 Å². The Morgan fingerprint density at radius 1 is 1.07 bits per heavy atom. The van der Waals surface area contributed by atoms with Crippen LogP contribution in [0.2, 0.25) is 0 Å². The molecular formula is C21H26FNO7. The van der Waals surface area contributed by atoms with E-state index in [0.29, 0.717) is 30.0 Å². The zero-order valence-electron chi connectivity index (χ0n) is 16.9. The first-order chi connectivity index (χ1) is 14.2. The maximum Gasteiger partial charge on any atom is 0.347 e. The summed E-state index contributed by atoms with van der Waals surface area (Å²) in [7, 11) is 2.15. The van der Waals surface area contributed by atoms with Crippen LogP contribution in [0.25, 0.3) is 0 Å². The van der Waals surface area contributed by atoms with Crippen LogP contribution in [-0.2, 0) is 19.1 Å². The molecule has 3 rings (SSSR count). The van der Waals surface area contributed by atoms with Gasteiger partial charge < -0.3 is 24.6 Å². The van der Waals surface area contributed by atoms with Crippen LogP contribution in [0.15, 0.2) is 36.4 Å². The van der Waals surface area contributed by atoms with E-state index in [0.717, 1.165) is 12.8 Å². The highest BCUT2D eigenvalue weighted by Crippen LogP contribution is 2.35. The number of piperidine rings is 1. The molecule has 3 unspecified atom stereocenters. The lowest BCUT2D eigenvalue weighted by Crippen LogP contribution is -2.44. The highest BCUT2D eigenvalue weighted by molar-refractivity contribution is 5.89. The highest BCUT2D eigenvalue weighted by atomic mass is 19.1. The second-order valence-corrected chi connectivity index (χ2v) is 7.30. The molecule has 9 heteroatoms. The molecule has 30 heavy (non-hydrogen) atoms. The zero-order chi connectivity index (χ0) is 22.3. The number of nitrogens with zero attached hydrogens (tertiary/aromatic N) is 1. The van der Waals surface area contributed by atoms with Crippen molar-refractivity contribution >= 4 is 17.9 Å². The molecule has 2 N–H and O–H groups in total. The Morgan fingerprint density at radius 2 is 1.57 bits per heavy atom. The number of carbonyl (C=O) groups is 3. The number of rotatable bonds is 6. The summed E-state index contributed by atoms with van der Waals surface area (Å²) in [5.74, 6) is -2.73. The largest absolute Gasteiger partial charge is 0.479 e. The molecule has 2 fully saturated rings. The van der Waals surface area contributed by atoms with Crippen LogP contribution >= 0.6 is 0 Å². The van der Waals surface area contributed by atoms with Crippen molar-refractivity contribution in [2.45, 2.75) is 56.9 Å². The van der Waals surface area contributed by atoms with Gasteiger partial charge >= 0.3 is 17.9 Å². The molecular weight excluding hydrogens is 397 g/mol. The van der Waals surface area contributed by atoms with Gasteiger partial charge in [0.15, 0.2) is 6.10 Å². The predicted molar refractivity (Wildman–Crippen MR) is 105 cm³/mol. The summed E-state index contributed by atoms with van der Waals surface area (Å²) in [6.07, 6.45) is 4.60. The Morgan fingerprint density at radius 3 is 2.03 bits per heavy atom. The van der Waals surface area contributed by atoms with E-state index in [1.165, 1.54) is 37.1 Å². The molecule has 0 aliphatic carbocycles. The number of fused-ring (bicyclic) bond motifs is 2. The van der Waals surface area contributed by atoms with E-state index in [1.807, 2.05) is 0 Å². The number of carbonyl (C=O) groups excluding carboxylic acids is 1. The first-order valence-corrected chi connectivity index (χ1v) is 9.64. The summed E-state index contributed by atoms with van der Waals surface area (Å²) in [6.45, 7) is 1.66. The molecule has 0 radical (unpaired) electrons. The minimum absolute atomic E-state index is 0.0135. The lowest BCUT2D eigenvalue weighted by Gasteiger charge is -2.36. The number of carboxylic acid groups (broad SMARTS) is 2. The molecule has 2 aliphatic heterocycles. The molecule has 2 heterocycles. The third-order valence-corrected chi connectivity index (χ3v) is 5.16. The van der Waals surface area contributed by atoms with Crippen molar-refractivity contribution in [1.29, 1.82) is 0 Å². The van der Waals surface area contributed by atoms with Gasteiger partial charge in [0.05, 0.1) is 0 Å². The van der Waals surface area contributed by atoms with Crippen molar-refractivity contribution in [1.82, 2.24) is 4.90 Å². The van der Waals surface area contributed by atoms with Crippen LogP contribution < -0.4 is 4.74 Å². The Kier molecular flexibility index (Phi) is 8.35. The second-order valence-electron chi connectivity index (χ2n) is 7.30. The lowest BCUT2D eigenvalue weighted by atomic mass is 10.0. The van der Waals surface area contributed by atoms with E-state index in [4.69, 9.17) is 19.7 Å². The third kappa shape index (κ3) is 7.14. The van der Waals surface area contributed by atoms with Crippen LogP contribution in [0.1, 0.15) is 32.6 Å². The van der Waals surface area contributed by atoms with Gasteiger partial charge in [-0.2, -0.15) is 0 Å². The van der Waals surface area contributed by atoms with E-state index in [1.54, 1.807) is 6.92 Å². The molecule has 0 aromatic heterocycles. The van der Waals surface area contributed by atoms with Crippen molar-refractivity contribution in [3.63, 3.8) is 0 Å². The molecule has 0 amide bonds. The average Bonchev–Trinajstić information content (AvgIpc) is 2.89. The Bertz CT molecular complexity index is 750. The van der Waals surface area contributed by atoms with Gasteiger partial charge in [0.2, 0.25) is 0 Å². The minimum atomic E-state index is -1.26. The maximum absolute atomic E-state index is 12.9. The van der Waals surface area contributed by atoms with Crippen LogP contribution in [0, 0.1) is 5.82 Å². The number of hydrogen-bond donors (Lipinski definition) is 2. The fourth-order valence-electron chi connectivity index (χ4n) is 3.63. The van der Waals surface area contributed by atoms with Crippen LogP contribution in [-0.4, -0.2) is 64.4 Å². The molecule has 0 spiro atoms. The Labute approximate surface area is 173 Å². The summed E-state index contributed by atoms with van der Waals surface area (Å²) in [5.41, 5.74) is 0. The fourth-order valence-corrected chi connectivity index (χ4v) is 3.63. The van der Waals surface area contributed by atoms with Crippen LogP contribution in [0.3, 0.4) is 0 Å². The first kappa shape index (κ1) is 23.3. The van der Waals surface area contributed by atoms with Crippen molar-refractivity contribution < 1.29 is 38.5 Å². The molecule has 1 aromatic rings. The molecule has 2 saturated heterocycles. The number of halogens is 1. The molecule has 2 bridgehead atoms. The monoisotopic (exact) mass is 423 g/mol. The lowest BCUT2D eigenvalue weighted by molar-refractivity contribution is -0.160. The van der Waals surface area contributed by atoms with E-state index >= 15 is 0 Å². The minimum Gasteiger partial charge on any atom is -0.479 e. The van der Waals surface area contributed by atoms with E-state index < -0.39 is 18.0 Å². The molecule has 8 nitrogen and oxygen atoms in total. The van der Waals surface area contributed by atoms with Crippen molar-refractivity contribution in [3.05, 3.63) is 42.2 Å². The Balaban J connectivity index is 0.000000343. The number of hydrogen-bond acceptors (Lipinski definition) is 6. The van der Waals surface area contributed by atoms with Gasteiger partial charge in [-0.3, -0.25) is 0 Å². The normalized spacial score (nSPS) is 23.9. The van der Waals surface area contributed by atoms with Gasteiger partial charge in [0, 0.05) is 24.2 Å². The number of carboxylic acids is 2. The van der Waals surface area contributed by atoms with Crippen LogP contribution in [0.5, 0.6) is 5.75 Å². The standard InChI is InChI=1S/C17H22FNO3.C4H4O4/c1-11(21-15-7-3-12(18)4-8-15)17(20)22-16-9-13-5-6-14(10-16)19(13)2;5-3(6)1-2-4(7)8/h3-4,7-8,11,13-14,16H,5-6,9-10H2,1-2H3;1-2H,(H,5,6)(H,7,8)/b;2-1-. The molecule has 2 aliphatic rings. The van der Waals surface area contributed by atoms with Crippen molar-refractivity contribution in [2.24, 2.45) is 0 Å². The van der Waals surface area contributed by atoms with Crippen molar-refractivity contribution in [2.75, 3.05) is 7.05 Å². The third-order valence-electron chi connectivity index (χ3n) is 5.16. The maximum atomic E-state index is 12.9. The summed E-state index contributed by atoms with van der Waals surface area (Å²) in [6, 6.07) is 6.70. The predicted octanol–water partition coefficient (Wildman–Crippen LogP) is 2.47. The molecule has 3 atom stereocenters. The number of esters is 1. The zero-order valence-corrected chi connectivity index (χ0v) is 16.9. The Hall–Kier alpha value is -2.94. The summed E-state index contributed by atoms with van der Waals surface area (Å²) in [4.78, 5) is 33.7. The molecule has 0 saturated carbocycles. The summed E-state index contributed by atoms with van der Waals surface area (Å²) >= 11 is 0. The van der Waals surface area contributed by atoms with Gasteiger partial charge in [-0.1, -0.05) is 0 Å². The van der Waals surface area contributed by atoms with Gasteiger partial charge in [-0.25, -0.2) is 18.8 Å². The number of benzene rings is 1. The number of ether oxygens (including phenoxy) is 2. The quantitative estimate of drug-likeness (QED) is 0.530. The first-order valence-electron chi connectivity index (χ1n) is 9.64. The van der Waals surface area contributed by atoms with Gasteiger partial charge in [-0.05, 0) is 63.9 Å². The van der Waals surface area contributed by atoms with E-state index in [2.05, 4.69) is 11.9 Å². The summed E-state index contributed by atoms with van der Waals surface area (Å²) in [5, 5.41) is 15.6. The van der Waals surface area contributed by atoms with Crippen LogP contribution in [0.4, 0.5) is 4.39 Å². The summed E-state index contributed by atoms with van der Waals surface area (Å²) < 4.78 is 24.0. The van der Waals surface area contributed by atoms with Gasteiger partial charge in [0.25, 0.3) is 0 Å². The highest BCUT2D eigenvalue weighted by Gasteiger charge is 2.40. The van der Waals surface area contributed by atoms with E-state index in [-0.39, 0.29) is 17.9 Å². The topological polar surface area (TPSA) is 113 Å². The second kappa shape index (κ2) is 10.7. The molecule has 164 valence electrons. The average molecular weight is 423 g/mol. The fraction of sp³-hybridized carbons (Fsp3) is 0.476. The number of aliphatic carboxylic acids is 2. The van der Waals surface area contributed by atoms with Gasteiger partial charge in [0.1, 0.15) is 17.7 Å².